The normalized spacial score (nSPS) is 26.6. The van der Waals surface area contributed by atoms with E-state index in [2.05, 4.69) is 26.0 Å². The minimum absolute atomic E-state index is 0.318. The van der Waals surface area contributed by atoms with Gasteiger partial charge < -0.3 is 9.47 Å². The molecule has 0 bridgehead atoms. The minimum Gasteiger partial charge on any atom is -0.490 e. The molecular formula is C14H18O2. The van der Waals surface area contributed by atoms with E-state index in [0.717, 1.165) is 5.75 Å². The molecule has 0 unspecified atom stereocenters. The zero-order valence-electron chi connectivity index (χ0n) is 9.95. The number of rotatable bonds is 3. The lowest BCUT2D eigenvalue weighted by atomic mass is 10.0. The fraction of sp³-hybridized carbons (Fsp3) is 0.571. The first-order chi connectivity index (χ1) is 7.75. The van der Waals surface area contributed by atoms with Crippen LogP contribution in [0.3, 0.4) is 0 Å². The van der Waals surface area contributed by atoms with Gasteiger partial charge in [-0.15, -0.1) is 0 Å². The molecule has 0 radical (unpaired) electrons. The fourth-order valence-corrected chi connectivity index (χ4v) is 2.56. The van der Waals surface area contributed by atoms with Gasteiger partial charge in [-0.1, -0.05) is 6.07 Å². The van der Waals surface area contributed by atoms with Crippen LogP contribution in [0.5, 0.6) is 5.75 Å². The molecule has 2 heteroatoms. The maximum atomic E-state index is 5.87. The molecule has 1 saturated heterocycles. The molecule has 3 rings (SSSR count). The highest BCUT2D eigenvalue weighted by Crippen LogP contribution is 2.33. The van der Waals surface area contributed by atoms with E-state index in [1.54, 1.807) is 0 Å². The van der Waals surface area contributed by atoms with Crippen molar-refractivity contribution in [1.82, 2.24) is 0 Å². The van der Waals surface area contributed by atoms with E-state index in [0.29, 0.717) is 18.8 Å². The van der Waals surface area contributed by atoms with Crippen LogP contribution in [0.15, 0.2) is 12.1 Å². The van der Waals surface area contributed by atoms with Gasteiger partial charge in [0.25, 0.3) is 0 Å². The number of ether oxygens (including phenoxy) is 2. The molecule has 86 valence electrons. The second-order valence-electron chi connectivity index (χ2n) is 4.88. The lowest BCUT2D eigenvalue weighted by Crippen LogP contribution is -2.07. The smallest absolute Gasteiger partial charge is 0.122 e. The van der Waals surface area contributed by atoms with Gasteiger partial charge >= 0.3 is 0 Å². The van der Waals surface area contributed by atoms with Gasteiger partial charge in [0.05, 0.1) is 6.10 Å². The van der Waals surface area contributed by atoms with Crippen molar-refractivity contribution in [3.05, 3.63) is 28.8 Å². The van der Waals surface area contributed by atoms with Gasteiger partial charge in [0.15, 0.2) is 0 Å². The van der Waals surface area contributed by atoms with Crippen LogP contribution in [0.4, 0.5) is 0 Å². The summed E-state index contributed by atoms with van der Waals surface area (Å²) < 4.78 is 11.2. The van der Waals surface area contributed by atoms with E-state index in [-0.39, 0.29) is 0 Å². The van der Waals surface area contributed by atoms with Crippen LogP contribution >= 0.6 is 0 Å². The lowest BCUT2D eigenvalue weighted by Gasteiger charge is -2.11. The summed E-state index contributed by atoms with van der Waals surface area (Å²) in [4.78, 5) is 0. The van der Waals surface area contributed by atoms with Crippen molar-refractivity contribution in [3.63, 3.8) is 0 Å². The summed E-state index contributed by atoms with van der Waals surface area (Å²) in [5.41, 5.74) is 4.37. The van der Waals surface area contributed by atoms with Crippen LogP contribution in [-0.4, -0.2) is 18.8 Å². The summed E-state index contributed by atoms with van der Waals surface area (Å²) in [5, 5.41) is 0. The third kappa shape index (κ3) is 1.71. The molecule has 0 aromatic heterocycles. The first kappa shape index (κ1) is 10.2. The van der Waals surface area contributed by atoms with E-state index < -0.39 is 0 Å². The molecule has 1 aliphatic carbocycles. The summed E-state index contributed by atoms with van der Waals surface area (Å²) in [6.45, 7) is 4.99. The first-order valence-electron chi connectivity index (χ1n) is 6.15. The minimum atomic E-state index is 0.318. The van der Waals surface area contributed by atoms with Crippen molar-refractivity contribution in [2.24, 2.45) is 0 Å². The number of hydrogen-bond acceptors (Lipinski definition) is 2. The molecule has 1 aromatic rings. The summed E-state index contributed by atoms with van der Waals surface area (Å²) in [6, 6.07) is 4.29. The van der Waals surface area contributed by atoms with Crippen LogP contribution in [0.1, 0.15) is 30.0 Å². The van der Waals surface area contributed by atoms with E-state index in [4.69, 9.17) is 9.47 Å². The second-order valence-corrected chi connectivity index (χ2v) is 4.88. The van der Waals surface area contributed by atoms with Gasteiger partial charge in [-0.2, -0.15) is 0 Å². The second kappa shape index (κ2) is 3.77. The largest absolute Gasteiger partial charge is 0.490 e. The SMILES string of the molecule is Cc1ccc(OC[C@@H]2O[C@H]2C)c2c1CCC2. The summed E-state index contributed by atoms with van der Waals surface area (Å²) in [5.74, 6) is 1.08. The number of epoxide rings is 1. The molecular weight excluding hydrogens is 200 g/mol. The monoisotopic (exact) mass is 218 g/mol. The molecule has 1 aromatic carbocycles. The Morgan fingerprint density at radius 3 is 2.81 bits per heavy atom. The molecule has 2 nitrogen and oxygen atoms in total. The molecule has 0 spiro atoms. The van der Waals surface area contributed by atoms with Crippen LogP contribution in [0.2, 0.25) is 0 Å². The summed E-state index contributed by atoms with van der Waals surface area (Å²) in [6.07, 6.45) is 4.37. The van der Waals surface area contributed by atoms with Crippen molar-refractivity contribution in [2.45, 2.75) is 45.3 Å². The van der Waals surface area contributed by atoms with Crippen molar-refractivity contribution in [1.29, 1.82) is 0 Å². The van der Waals surface area contributed by atoms with Crippen LogP contribution in [-0.2, 0) is 17.6 Å². The Kier molecular flexibility index (Phi) is 2.40. The molecule has 0 saturated carbocycles. The Hall–Kier alpha value is -1.02. The topological polar surface area (TPSA) is 21.8 Å². The Morgan fingerprint density at radius 1 is 1.31 bits per heavy atom. The third-order valence-electron chi connectivity index (χ3n) is 3.72. The Morgan fingerprint density at radius 2 is 2.06 bits per heavy atom. The molecule has 1 aliphatic heterocycles. The van der Waals surface area contributed by atoms with E-state index in [9.17, 15) is 0 Å². The maximum absolute atomic E-state index is 5.87. The number of hydrogen-bond donors (Lipinski definition) is 0. The number of aryl methyl sites for hydroxylation is 1. The fourth-order valence-electron chi connectivity index (χ4n) is 2.56. The van der Waals surface area contributed by atoms with Gasteiger partial charge in [0.2, 0.25) is 0 Å². The van der Waals surface area contributed by atoms with E-state index in [1.165, 1.54) is 36.0 Å². The van der Waals surface area contributed by atoms with E-state index >= 15 is 0 Å². The zero-order chi connectivity index (χ0) is 11.1. The van der Waals surface area contributed by atoms with Gasteiger partial charge in [0.1, 0.15) is 18.5 Å². The predicted octanol–water partition coefficient (Wildman–Crippen LogP) is 2.65. The molecule has 0 amide bonds. The summed E-state index contributed by atoms with van der Waals surface area (Å²) >= 11 is 0. The average molecular weight is 218 g/mol. The third-order valence-corrected chi connectivity index (χ3v) is 3.72. The molecule has 1 heterocycles. The van der Waals surface area contributed by atoms with Crippen molar-refractivity contribution >= 4 is 0 Å². The number of fused-ring (bicyclic) bond motifs is 1. The number of benzene rings is 1. The molecule has 16 heavy (non-hydrogen) atoms. The Balaban J connectivity index is 1.77. The van der Waals surface area contributed by atoms with Gasteiger partial charge in [-0.3, -0.25) is 0 Å². The molecule has 2 aliphatic rings. The van der Waals surface area contributed by atoms with Gasteiger partial charge in [-0.25, -0.2) is 0 Å². The van der Waals surface area contributed by atoms with Gasteiger partial charge in [-0.05, 0) is 55.9 Å². The highest BCUT2D eigenvalue weighted by atomic mass is 16.6. The lowest BCUT2D eigenvalue weighted by molar-refractivity contribution is 0.259. The maximum Gasteiger partial charge on any atom is 0.122 e. The predicted molar refractivity (Wildman–Crippen MR) is 63.0 cm³/mol. The highest BCUT2D eigenvalue weighted by Gasteiger charge is 2.35. The van der Waals surface area contributed by atoms with Crippen molar-refractivity contribution in [2.75, 3.05) is 6.61 Å². The van der Waals surface area contributed by atoms with Crippen LogP contribution in [0.25, 0.3) is 0 Å². The van der Waals surface area contributed by atoms with Crippen molar-refractivity contribution < 1.29 is 9.47 Å². The Bertz CT molecular complexity index is 411. The van der Waals surface area contributed by atoms with E-state index in [1.807, 2.05) is 0 Å². The standard InChI is InChI=1S/C14H18O2/c1-9-6-7-13(12-5-3-4-11(9)12)15-8-14-10(2)16-14/h6-7,10,14H,3-5,8H2,1-2H3/t10-,14-/m0/s1. The van der Waals surface area contributed by atoms with Gasteiger partial charge in [0, 0.05) is 0 Å². The average Bonchev–Trinajstić information content (AvgIpc) is 2.80. The van der Waals surface area contributed by atoms with Crippen LogP contribution < -0.4 is 4.74 Å². The Labute approximate surface area is 96.6 Å². The zero-order valence-corrected chi connectivity index (χ0v) is 9.95. The van der Waals surface area contributed by atoms with Crippen LogP contribution in [0, 0.1) is 6.92 Å². The summed E-state index contributed by atoms with van der Waals surface area (Å²) in [7, 11) is 0. The van der Waals surface area contributed by atoms with Crippen molar-refractivity contribution in [3.8, 4) is 5.75 Å². The quantitative estimate of drug-likeness (QED) is 0.727. The molecule has 2 atom stereocenters. The molecule has 0 N–H and O–H groups in total. The molecule has 1 fully saturated rings. The highest BCUT2D eigenvalue weighted by molar-refractivity contribution is 5.47. The first-order valence-corrected chi connectivity index (χ1v) is 6.15.